The first-order valence-electron chi connectivity index (χ1n) is 9.44. The normalized spacial score (nSPS) is 15.0. The van der Waals surface area contributed by atoms with Gasteiger partial charge in [-0.15, -0.1) is 0 Å². The molecule has 2 N–H and O–H groups in total. The van der Waals surface area contributed by atoms with Gasteiger partial charge in [-0.25, -0.2) is 26.8 Å². The Morgan fingerprint density at radius 3 is 2.13 bits per heavy atom. The Kier molecular flexibility index (Phi) is 6.60. The number of hydrogen-bond acceptors (Lipinski definition) is 7. The highest BCUT2D eigenvalue weighted by Gasteiger charge is 2.27. The minimum Gasteiger partial charge on any atom is -0.454 e. The Labute approximate surface area is 180 Å². The molecule has 2 aromatic carbocycles. The highest BCUT2D eigenvalue weighted by molar-refractivity contribution is 7.89. The average Bonchev–Trinajstić information content (AvgIpc) is 3.27. The van der Waals surface area contributed by atoms with Crippen LogP contribution in [-0.2, 0) is 24.8 Å². The third-order valence-corrected chi connectivity index (χ3v) is 7.79. The molecule has 9 nitrogen and oxygen atoms in total. The number of aryl methyl sites for hydroxylation is 1. The minimum atomic E-state index is -4.00. The predicted molar refractivity (Wildman–Crippen MR) is 112 cm³/mol. The summed E-state index contributed by atoms with van der Waals surface area (Å²) in [4.78, 5) is 24.5. The zero-order valence-corrected chi connectivity index (χ0v) is 18.4. The first-order valence-corrected chi connectivity index (χ1v) is 12.4. The van der Waals surface area contributed by atoms with Gasteiger partial charge in [0, 0.05) is 18.7 Å². The number of sulfonamides is 2. The fourth-order valence-electron chi connectivity index (χ4n) is 3.18. The summed E-state index contributed by atoms with van der Waals surface area (Å²) in [5, 5.41) is 5.08. The van der Waals surface area contributed by atoms with Gasteiger partial charge in [0.15, 0.2) is 12.4 Å². The number of carbonyl (C=O) groups excluding carboxylic acids is 2. The molecule has 1 aliphatic heterocycles. The number of benzene rings is 2. The van der Waals surface area contributed by atoms with Crippen LogP contribution in [0.15, 0.2) is 52.3 Å². The molecule has 0 aromatic heterocycles. The van der Waals surface area contributed by atoms with Crippen LogP contribution in [0.3, 0.4) is 0 Å². The maximum absolute atomic E-state index is 12.5. The molecule has 0 unspecified atom stereocenters. The summed E-state index contributed by atoms with van der Waals surface area (Å²) in [7, 11) is -7.59. The van der Waals surface area contributed by atoms with Crippen LogP contribution < -0.4 is 5.14 Å². The lowest BCUT2D eigenvalue weighted by molar-refractivity contribution is 0.0473. The summed E-state index contributed by atoms with van der Waals surface area (Å²) >= 11 is 0. The zero-order valence-electron chi connectivity index (χ0n) is 16.8. The summed E-state index contributed by atoms with van der Waals surface area (Å²) in [6.07, 6.45) is 1.64. The summed E-state index contributed by atoms with van der Waals surface area (Å²) in [6, 6.07) is 9.21. The first kappa shape index (κ1) is 23.1. The molecular weight excluding hydrogens is 444 g/mol. The van der Waals surface area contributed by atoms with Crippen LogP contribution in [-0.4, -0.2) is 52.6 Å². The second-order valence-corrected chi connectivity index (χ2v) is 10.7. The molecule has 3 rings (SSSR count). The largest absolute Gasteiger partial charge is 0.454 e. The molecule has 0 bridgehead atoms. The van der Waals surface area contributed by atoms with Crippen molar-refractivity contribution in [3.8, 4) is 0 Å². The van der Waals surface area contributed by atoms with E-state index in [-0.39, 0.29) is 20.9 Å². The van der Waals surface area contributed by atoms with Crippen molar-refractivity contribution < 1.29 is 31.2 Å². The van der Waals surface area contributed by atoms with Gasteiger partial charge in [0.1, 0.15) is 0 Å². The molecular formula is C20H22N2O7S2. The molecule has 0 spiro atoms. The second-order valence-electron chi connectivity index (χ2n) is 7.16. The van der Waals surface area contributed by atoms with E-state index >= 15 is 0 Å². The minimum absolute atomic E-state index is 0.0219. The van der Waals surface area contributed by atoms with Crippen molar-refractivity contribution in [1.29, 1.82) is 0 Å². The summed E-state index contributed by atoms with van der Waals surface area (Å²) in [6.45, 7) is 1.96. The number of nitrogens with zero attached hydrogens (tertiary/aromatic N) is 1. The Bertz CT molecular complexity index is 1210. The molecule has 1 saturated heterocycles. The van der Waals surface area contributed by atoms with Gasteiger partial charge in [-0.05, 0) is 61.7 Å². The summed E-state index contributed by atoms with van der Waals surface area (Å²) < 4.78 is 54.5. The van der Waals surface area contributed by atoms with Gasteiger partial charge in [-0.1, -0.05) is 6.07 Å². The van der Waals surface area contributed by atoms with E-state index in [1.807, 2.05) is 0 Å². The molecule has 0 radical (unpaired) electrons. The van der Waals surface area contributed by atoms with Gasteiger partial charge in [-0.3, -0.25) is 4.79 Å². The van der Waals surface area contributed by atoms with Gasteiger partial charge in [-0.2, -0.15) is 4.31 Å². The van der Waals surface area contributed by atoms with E-state index in [2.05, 4.69) is 0 Å². The van der Waals surface area contributed by atoms with Crippen LogP contribution in [0.5, 0.6) is 0 Å². The van der Waals surface area contributed by atoms with E-state index in [9.17, 15) is 26.4 Å². The van der Waals surface area contributed by atoms with Crippen LogP contribution in [0.4, 0.5) is 0 Å². The Balaban J connectivity index is 1.68. The fraction of sp³-hybridized carbons (Fsp3) is 0.300. The average molecular weight is 467 g/mol. The van der Waals surface area contributed by atoms with Crippen molar-refractivity contribution in [3.05, 3.63) is 59.2 Å². The lowest BCUT2D eigenvalue weighted by Crippen LogP contribution is -2.27. The Hall–Kier alpha value is -2.60. The van der Waals surface area contributed by atoms with Crippen molar-refractivity contribution in [1.82, 2.24) is 4.31 Å². The highest BCUT2D eigenvalue weighted by atomic mass is 32.2. The maximum Gasteiger partial charge on any atom is 0.338 e. The topological polar surface area (TPSA) is 141 Å². The molecule has 1 heterocycles. The number of ketones is 1. The molecule has 11 heteroatoms. The van der Waals surface area contributed by atoms with E-state index in [4.69, 9.17) is 9.88 Å². The standard InChI is InChI=1S/C20H22N2O7S2/c1-14-4-7-17(30(21,25)26)12-18(14)20(24)29-13-19(23)15-5-8-16(9-6-15)31(27,28)22-10-2-3-11-22/h4-9,12H,2-3,10-11,13H2,1H3,(H2,21,25,26). The number of primary sulfonamides is 1. The second kappa shape index (κ2) is 8.87. The van der Waals surface area contributed by atoms with E-state index < -0.39 is 38.4 Å². The predicted octanol–water partition coefficient (Wildman–Crippen LogP) is 1.47. The van der Waals surface area contributed by atoms with E-state index in [0.29, 0.717) is 18.7 Å². The van der Waals surface area contributed by atoms with Gasteiger partial charge in [0.05, 0.1) is 15.4 Å². The fourth-order valence-corrected chi connectivity index (χ4v) is 5.24. The third-order valence-electron chi connectivity index (χ3n) is 4.97. The van der Waals surface area contributed by atoms with Crippen LogP contribution >= 0.6 is 0 Å². The molecule has 31 heavy (non-hydrogen) atoms. The first-order chi connectivity index (χ1) is 14.5. The van der Waals surface area contributed by atoms with Gasteiger partial charge in [0.25, 0.3) is 0 Å². The number of hydrogen-bond donors (Lipinski definition) is 1. The molecule has 166 valence electrons. The van der Waals surface area contributed by atoms with Crippen molar-refractivity contribution in [2.45, 2.75) is 29.6 Å². The zero-order chi connectivity index (χ0) is 22.8. The lowest BCUT2D eigenvalue weighted by Gasteiger charge is -2.15. The maximum atomic E-state index is 12.5. The smallest absolute Gasteiger partial charge is 0.338 e. The molecule has 0 aliphatic carbocycles. The molecule has 1 aliphatic rings. The van der Waals surface area contributed by atoms with E-state index in [0.717, 1.165) is 18.9 Å². The molecule has 0 amide bonds. The quantitative estimate of drug-likeness (QED) is 0.481. The van der Waals surface area contributed by atoms with Gasteiger partial charge < -0.3 is 4.74 Å². The molecule has 0 atom stereocenters. The molecule has 0 saturated carbocycles. The van der Waals surface area contributed by atoms with Crippen LogP contribution in [0.2, 0.25) is 0 Å². The summed E-state index contributed by atoms with van der Waals surface area (Å²) in [5.41, 5.74) is 0.621. The lowest BCUT2D eigenvalue weighted by atomic mass is 10.1. The SMILES string of the molecule is Cc1ccc(S(N)(=O)=O)cc1C(=O)OCC(=O)c1ccc(S(=O)(=O)N2CCCC2)cc1. The number of esters is 1. The van der Waals surface area contributed by atoms with Crippen molar-refractivity contribution in [3.63, 3.8) is 0 Å². The van der Waals surface area contributed by atoms with Gasteiger partial charge in [0.2, 0.25) is 20.0 Å². The molecule has 2 aromatic rings. The van der Waals surface area contributed by atoms with Crippen LogP contribution in [0.1, 0.15) is 39.1 Å². The number of carbonyl (C=O) groups is 2. The van der Waals surface area contributed by atoms with Gasteiger partial charge >= 0.3 is 5.97 Å². The number of Topliss-reactive ketones (excluding diaryl/α,β-unsaturated/α-hetero) is 1. The number of ether oxygens (including phenoxy) is 1. The van der Waals surface area contributed by atoms with E-state index in [1.165, 1.54) is 40.7 Å². The van der Waals surface area contributed by atoms with Crippen LogP contribution in [0.25, 0.3) is 0 Å². The van der Waals surface area contributed by atoms with Crippen LogP contribution in [0, 0.1) is 6.92 Å². The monoisotopic (exact) mass is 466 g/mol. The Morgan fingerprint density at radius 1 is 0.968 bits per heavy atom. The Morgan fingerprint density at radius 2 is 1.55 bits per heavy atom. The van der Waals surface area contributed by atoms with Crippen molar-refractivity contribution in [2.75, 3.05) is 19.7 Å². The molecule has 1 fully saturated rings. The van der Waals surface area contributed by atoms with Crippen molar-refractivity contribution in [2.24, 2.45) is 5.14 Å². The van der Waals surface area contributed by atoms with E-state index in [1.54, 1.807) is 6.92 Å². The third kappa shape index (κ3) is 5.18. The van der Waals surface area contributed by atoms with Crippen molar-refractivity contribution >= 4 is 31.8 Å². The highest BCUT2D eigenvalue weighted by Crippen LogP contribution is 2.21. The number of nitrogens with two attached hydrogens (primary N) is 1. The summed E-state index contributed by atoms with van der Waals surface area (Å²) in [5.74, 6) is -1.40. The number of rotatable bonds is 7.